The highest BCUT2D eigenvalue weighted by Crippen LogP contribution is 2.60. The molecule has 0 radical (unpaired) electrons. The summed E-state index contributed by atoms with van der Waals surface area (Å²) in [7, 11) is -11.0. The maximum atomic E-state index is 12.5. The molecule has 0 spiro atoms. The molecule has 5 heterocycles. The van der Waals surface area contributed by atoms with Crippen molar-refractivity contribution in [1.82, 2.24) is 34.5 Å². The highest BCUT2D eigenvalue weighted by atomic mass is 31.3. The third-order valence-electron chi connectivity index (χ3n) is 8.46. The zero-order chi connectivity index (χ0) is 38.6. The van der Waals surface area contributed by atoms with Gasteiger partial charge in [-0.05, 0) is 37.1 Å². The van der Waals surface area contributed by atoms with Crippen LogP contribution >= 0.6 is 15.6 Å². The van der Waals surface area contributed by atoms with E-state index in [-0.39, 0.29) is 28.5 Å². The van der Waals surface area contributed by atoms with Crippen molar-refractivity contribution < 1.29 is 67.1 Å². The Kier molecular flexibility index (Phi) is 10.6. The zero-order valence-electron chi connectivity index (χ0n) is 27.5. The minimum Gasteiger partial charge on any atom is -0.388 e. The molecule has 0 amide bonds. The first-order valence-corrected chi connectivity index (χ1v) is 18.5. The van der Waals surface area contributed by atoms with Gasteiger partial charge >= 0.3 is 27.0 Å². The Balaban J connectivity index is 1.07. The van der Waals surface area contributed by atoms with Crippen LogP contribution in [-0.4, -0.2) is 120 Å². The summed E-state index contributed by atoms with van der Waals surface area (Å²) in [6, 6.07) is 3.30. The number of fused-ring (bicyclic) bond motifs is 3. The molecule has 1 saturated heterocycles. The Morgan fingerprint density at radius 3 is 2.45 bits per heavy atom. The molecule has 11 N–H and O–H groups in total. The zero-order valence-corrected chi connectivity index (χ0v) is 29.3. The molecule has 26 heteroatoms. The third-order valence-corrected chi connectivity index (χ3v) is 11.1. The average Bonchev–Trinajstić information content (AvgIpc) is 3.63. The van der Waals surface area contributed by atoms with E-state index in [4.69, 9.17) is 15.0 Å². The number of anilines is 1. The standard InChI is InChI=1S/C27H33N9O15P2/c1-10-3-12-13(4-11(10)2)35(24-18(32-12)25(42)34-27(43)33-24)5-14(37)19(39)15(38)6-48-52(44,45)51-53(46,47)49-7-16-20(40)21(41)26(50-16)36-9-31-17-22(28)29-8-30-23(17)36/h3-4,8-9,14-16,19-21,26,37-41H,5-7H2,1-2H3,(H5,28,29,30,34,42,43,44,45,46,47)/p+1/t14-,15+,16+,19-,20+,21+,26+/m0/s1. The Hall–Kier alpha value is -4.13. The number of ether oxygens (including phenoxy) is 1. The summed E-state index contributed by atoms with van der Waals surface area (Å²) in [4.78, 5) is 65.5. The van der Waals surface area contributed by atoms with Gasteiger partial charge in [-0.2, -0.15) is 14.3 Å². The molecule has 3 aliphatic rings. The Labute approximate surface area is 295 Å². The van der Waals surface area contributed by atoms with E-state index in [1.165, 1.54) is 15.5 Å². The van der Waals surface area contributed by atoms with E-state index >= 15 is 0 Å². The molecule has 53 heavy (non-hydrogen) atoms. The first kappa shape index (κ1) is 38.6. The van der Waals surface area contributed by atoms with E-state index in [2.05, 4.69) is 33.8 Å². The second-order valence-electron chi connectivity index (χ2n) is 12.1. The SMILES string of the molecule is Cc1cc2nc3c(=O)[nH]c(=O)nc-3n(C[C@H](O)[C@H](O)[C@H](O)COP(=O)(O)OP(=O)(O)OC[C@H]3O[C@@H]([n+]4c[nH]c5c(N)ncnc54)[C@H](O)[C@@H]3O)c2cc1C. The summed E-state index contributed by atoms with van der Waals surface area (Å²) in [5, 5.41) is 53.1. The van der Waals surface area contributed by atoms with Crippen LogP contribution in [-0.2, 0) is 33.8 Å². The summed E-state index contributed by atoms with van der Waals surface area (Å²) in [6.07, 6.45) is -9.70. The van der Waals surface area contributed by atoms with Gasteiger partial charge in [0.05, 0.1) is 30.8 Å². The molecule has 24 nitrogen and oxygen atoms in total. The number of hydrogen-bond acceptors (Lipinski definition) is 18. The van der Waals surface area contributed by atoms with Gasteiger partial charge < -0.3 is 50.4 Å². The van der Waals surface area contributed by atoms with Crippen molar-refractivity contribution in [2.45, 2.75) is 63.2 Å². The number of aromatic amines is 2. The van der Waals surface area contributed by atoms with E-state index in [1.54, 1.807) is 26.0 Å². The predicted octanol–water partition coefficient (Wildman–Crippen LogP) is -3.00. The second-order valence-corrected chi connectivity index (χ2v) is 15.2. The number of phosphoric ester groups is 2. The van der Waals surface area contributed by atoms with Gasteiger partial charge in [0.15, 0.2) is 30.0 Å². The lowest BCUT2D eigenvalue weighted by molar-refractivity contribution is -0.745. The number of H-pyrrole nitrogens is 2. The first-order chi connectivity index (χ1) is 24.9. The van der Waals surface area contributed by atoms with Crippen molar-refractivity contribution in [3.05, 3.63) is 56.8 Å². The fourth-order valence-corrected chi connectivity index (χ4v) is 7.71. The lowest BCUT2D eigenvalue weighted by Crippen LogP contribution is -2.45. The largest absolute Gasteiger partial charge is 0.481 e. The lowest BCUT2D eigenvalue weighted by atomic mass is 10.1. The minimum atomic E-state index is -5.54. The minimum absolute atomic E-state index is 0.0849. The molecule has 1 aromatic carbocycles. The maximum Gasteiger partial charge on any atom is 0.481 e. The van der Waals surface area contributed by atoms with E-state index in [1.807, 2.05) is 4.98 Å². The molecule has 0 aliphatic carbocycles. The van der Waals surface area contributed by atoms with Crippen LogP contribution in [0, 0.1) is 13.8 Å². The molecular weight excluding hydrogens is 752 g/mol. The summed E-state index contributed by atoms with van der Waals surface area (Å²) >= 11 is 0. The number of aromatic nitrogens is 8. The molecule has 1 fully saturated rings. The lowest BCUT2D eigenvalue weighted by Gasteiger charge is -2.26. The van der Waals surface area contributed by atoms with Gasteiger partial charge in [0.1, 0.15) is 36.6 Å². The molecule has 2 aromatic heterocycles. The molecule has 2 unspecified atom stereocenters. The summed E-state index contributed by atoms with van der Waals surface area (Å²) in [5.74, 6) is -0.155. The molecule has 6 rings (SSSR count). The highest BCUT2D eigenvalue weighted by molar-refractivity contribution is 7.61. The Bertz CT molecular complexity index is 2350. The van der Waals surface area contributed by atoms with Gasteiger partial charge in [-0.3, -0.25) is 23.8 Å². The number of nitrogens with zero attached hydrogens (tertiary/aromatic N) is 6. The fourth-order valence-electron chi connectivity index (χ4n) is 5.61. The number of imidazole rings is 1. The van der Waals surface area contributed by atoms with Gasteiger partial charge in [0, 0.05) is 0 Å². The van der Waals surface area contributed by atoms with Crippen LogP contribution in [0.5, 0.6) is 0 Å². The molecule has 9 atom stereocenters. The highest BCUT2D eigenvalue weighted by Gasteiger charge is 2.48. The van der Waals surface area contributed by atoms with Crippen molar-refractivity contribution in [1.29, 1.82) is 0 Å². The average molecular weight is 787 g/mol. The number of aryl methyl sites for hydroxylation is 2. The summed E-state index contributed by atoms with van der Waals surface area (Å²) in [6.45, 7) is 0.812. The van der Waals surface area contributed by atoms with E-state index in [0.29, 0.717) is 11.0 Å². The smallest absolute Gasteiger partial charge is 0.388 e. The topological polar surface area (TPSA) is 365 Å². The number of nitrogen functional groups attached to an aromatic ring is 1. The van der Waals surface area contributed by atoms with E-state index in [0.717, 1.165) is 17.5 Å². The van der Waals surface area contributed by atoms with E-state index < -0.39 is 89.5 Å². The number of rotatable bonds is 13. The van der Waals surface area contributed by atoms with Gasteiger partial charge in [-0.25, -0.2) is 23.5 Å². The van der Waals surface area contributed by atoms with Crippen LogP contribution in [0.15, 0.2) is 34.4 Å². The van der Waals surface area contributed by atoms with Crippen LogP contribution in [0.4, 0.5) is 5.82 Å². The van der Waals surface area contributed by atoms with Gasteiger partial charge in [-0.15, -0.1) is 0 Å². The van der Waals surface area contributed by atoms with Crippen LogP contribution in [0.2, 0.25) is 0 Å². The van der Waals surface area contributed by atoms with Gasteiger partial charge in [-0.1, -0.05) is 4.98 Å². The van der Waals surface area contributed by atoms with Gasteiger partial charge in [0.25, 0.3) is 5.56 Å². The normalized spacial score (nSPS) is 23.3. The fraction of sp³-hybridized carbons (Fsp3) is 0.444. The monoisotopic (exact) mass is 786 g/mol. The van der Waals surface area contributed by atoms with Crippen LogP contribution in [0.25, 0.3) is 33.7 Å². The summed E-state index contributed by atoms with van der Waals surface area (Å²) < 4.78 is 46.7. The molecule has 286 valence electrons. The number of hydrogen-bond donors (Lipinski definition) is 10. The van der Waals surface area contributed by atoms with Crippen LogP contribution in [0.3, 0.4) is 0 Å². The predicted molar refractivity (Wildman–Crippen MR) is 176 cm³/mol. The van der Waals surface area contributed by atoms with Crippen molar-refractivity contribution >= 4 is 43.7 Å². The number of benzene rings is 1. The van der Waals surface area contributed by atoms with Crippen molar-refractivity contribution in [3.8, 4) is 11.5 Å². The van der Waals surface area contributed by atoms with Crippen molar-refractivity contribution in [2.75, 3.05) is 18.9 Å². The molecule has 0 saturated carbocycles. The van der Waals surface area contributed by atoms with Gasteiger partial charge in [0.2, 0.25) is 11.7 Å². The van der Waals surface area contributed by atoms with Crippen LogP contribution in [0.1, 0.15) is 17.4 Å². The summed E-state index contributed by atoms with van der Waals surface area (Å²) in [5.41, 5.74) is 6.33. The van der Waals surface area contributed by atoms with E-state index in [9.17, 15) is 54.0 Å². The Morgan fingerprint density at radius 1 is 1.02 bits per heavy atom. The molecule has 0 bridgehead atoms. The van der Waals surface area contributed by atoms with Crippen molar-refractivity contribution in [3.63, 3.8) is 0 Å². The van der Waals surface area contributed by atoms with Crippen molar-refractivity contribution in [2.24, 2.45) is 0 Å². The quantitative estimate of drug-likeness (QED) is 0.0323. The number of aliphatic hydroxyl groups is 5. The second kappa shape index (κ2) is 14.6. The molecule has 3 aliphatic heterocycles. The molecular formula is C27H34N9O15P2+. The third kappa shape index (κ3) is 7.91. The number of aliphatic hydroxyl groups excluding tert-OH is 5. The number of phosphoric acid groups is 2. The molecule has 3 aromatic rings. The van der Waals surface area contributed by atoms with Crippen LogP contribution < -0.4 is 21.5 Å². The number of nitrogens with one attached hydrogen (secondary N) is 2. The Morgan fingerprint density at radius 2 is 1.72 bits per heavy atom. The number of nitrogens with two attached hydrogens (primary N) is 1. The first-order valence-electron chi connectivity index (χ1n) is 15.5. The maximum absolute atomic E-state index is 12.5.